The van der Waals surface area contributed by atoms with Crippen molar-refractivity contribution in [3.8, 4) is 17.0 Å². The largest absolute Gasteiger partial charge is 0.474 e. The van der Waals surface area contributed by atoms with Crippen molar-refractivity contribution in [3.05, 3.63) is 41.1 Å². The van der Waals surface area contributed by atoms with Gasteiger partial charge in [0.1, 0.15) is 6.10 Å². The molecule has 0 saturated heterocycles. The number of nitrogens with zero attached hydrogens (tertiary/aromatic N) is 2. The molecule has 0 unspecified atom stereocenters. The van der Waals surface area contributed by atoms with Crippen LogP contribution < -0.4 is 15.8 Å². The lowest BCUT2D eigenvalue weighted by Gasteiger charge is -2.32. The molecule has 2 aliphatic rings. The molecule has 30 heavy (non-hydrogen) atoms. The third-order valence-electron chi connectivity index (χ3n) is 6.53. The number of anilines is 1. The molecule has 0 bridgehead atoms. The summed E-state index contributed by atoms with van der Waals surface area (Å²) in [7, 11) is 4.29. The summed E-state index contributed by atoms with van der Waals surface area (Å²) < 4.78 is 6.26. The van der Waals surface area contributed by atoms with E-state index >= 15 is 0 Å². The van der Waals surface area contributed by atoms with Crippen LogP contribution in [0.5, 0.6) is 5.88 Å². The zero-order valence-corrected chi connectivity index (χ0v) is 18.2. The summed E-state index contributed by atoms with van der Waals surface area (Å²) in [5, 5.41) is 2.90. The first-order valence-corrected chi connectivity index (χ1v) is 10.9. The van der Waals surface area contributed by atoms with Crippen LogP contribution in [0.4, 0.5) is 10.5 Å². The highest BCUT2D eigenvalue weighted by Crippen LogP contribution is 2.40. The second-order valence-electron chi connectivity index (χ2n) is 8.82. The van der Waals surface area contributed by atoms with Crippen LogP contribution in [-0.4, -0.2) is 42.2 Å². The number of urea groups is 1. The number of ether oxygens (including phenoxy) is 1. The maximum Gasteiger partial charge on any atom is 0.316 e. The van der Waals surface area contributed by atoms with E-state index in [2.05, 4.69) is 42.3 Å². The first-order chi connectivity index (χ1) is 14.4. The highest BCUT2D eigenvalue weighted by Gasteiger charge is 2.25. The van der Waals surface area contributed by atoms with E-state index in [1.54, 1.807) is 6.20 Å². The summed E-state index contributed by atoms with van der Waals surface area (Å²) >= 11 is 0. The zero-order valence-electron chi connectivity index (χ0n) is 18.2. The lowest BCUT2D eigenvalue weighted by atomic mass is 9.92. The standard InChI is InChI=1S/C24H32N4O2/c1-15-13-16-5-4-6-20(16)23(27-24(25)29)22(15)17-11-12-26-21(14-17)30-19-9-7-18(8-10-19)28(2)3/h11-14,18-19H,4-10H2,1-3H3,(H3,25,27,29). The molecule has 1 aromatic carbocycles. The fraction of sp³-hybridized carbons (Fsp3) is 0.500. The molecule has 4 rings (SSSR count). The van der Waals surface area contributed by atoms with Gasteiger partial charge in [-0.2, -0.15) is 0 Å². The summed E-state index contributed by atoms with van der Waals surface area (Å²) in [6.07, 6.45) is 9.48. The number of primary amides is 1. The quantitative estimate of drug-likeness (QED) is 0.773. The van der Waals surface area contributed by atoms with Gasteiger partial charge in [-0.25, -0.2) is 9.78 Å². The Hall–Kier alpha value is -2.60. The number of aromatic nitrogens is 1. The fourth-order valence-corrected chi connectivity index (χ4v) is 5.01. The lowest BCUT2D eigenvalue weighted by Crippen LogP contribution is -2.35. The van der Waals surface area contributed by atoms with Gasteiger partial charge >= 0.3 is 6.03 Å². The van der Waals surface area contributed by atoms with Gasteiger partial charge in [-0.15, -0.1) is 0 Å². The molecule has 2 aliphatic carbocycles. The first-order valence-electron chi connectivity index (χ1n) is 10.9. The van der Waals surface area contributed by atoms with Crippen molar-refractivity contribution in [2.45, 2.75) is 64.0 Å². The molecule has 1 saturated carbocycles. The van der Waals surface area contributed by atoms with Crippen molar-refractivity contribution in [1.29, 1.82) is 0 Å². The molecule has 1 aromatic heterocycles. The summed E-state index contributed by atoms with van der Waals surface area (Å²) in [6.45, 7) is 2.09. The number of nitrogens with one attached hydrogen (secondary N) is 1. The number of pyridine rings is 1. The zero-order chi connectivity index (χ0) is 21.3. The van der Waals surface area contributed by atoms with Crippen LogP contribution in [0.15, 0.2) is 24.4 Å². The Morgan fingerprint density at radius 1 is 1.20 bits per heavy atom. The van der Waals surface area contributed by atoms with Crippen LogP contribution in [0.1, 0.15) is 48.8 Å². The second kappa shape index (κ2) is 8.64. The summed E-state index contributed by atoms with van der Waals surface area (Å²) in [4.78, 5) is 18.5. The summed E-state index contributed by atoms with van der Waals surface area (Å²) in [5.41, 5.74) is 12.0. The minimum atomic E-state index is -0.529. The average molecular weight is 409 g/mol. The van der Waals surface area contributed by atoms with Gasteiger partial charge in [0.25, 0.3) is 0 Å². The SMILES string of the molecule is Cc1cc2c(c(NC(N)=O)c1-c1ccnc(OC3CCC(N(C)C)CC3)c1)CCC2. The lowest BCUT2D eigenvalue weighted by molar-refractivity contribution is 0.107. The molecule has 6 heteroatoms. The third kappa shape index (κ3) is 4.29. The van der Waals surface area contributed by atoms with Crippen molar-refractivity contribution >= 4 is 11.7 Å². The van der Waals surface area contributed by atoms with Gasteiger partial charge in [0, 0.05) is 23.9 Å². The number of carbonyl (C=O) groups excluding carboxylic acids is 1. The normalized spacial score (nSPS) is 20.8. The molecule has 0 spiro atoms. The molecule has 1 heterocycles. The number of nitrogens with two attached hydrogens (primary N) is 1. The van der Waals surface area contributed by atoms with Crippen LogP contribution >= 0.6 is 0 Å². The molecule has 1 fully saturated rings. The highest BCUT2D eigenvalue weighted by atomic mass is 16.5. The monoisotopic (exact) mass is 408 g/mol. The maximum atomic E-state index is 11.7. The van der Waals surface area contributed by atoms with E-state index in [1.807, 2.05) is 12.1 Å². The van der Waals surface area contributed by atoms with Crippen molar-refractivity contribution < 1.29 is 9.53 Å². The number of rotatable bonds is 5. The number of benzene rings is 1. The molecule has 0 aliphatic heterocycles. The molecule has 2 amide bonds. The molecule has 3 N–H and O–H groups in total. The Kier molecular flexibility index (Phi) is 5.95. The summed E-state index contributed by atoms with van der Waals surface area (Å²) in [6, 6.07) is 6.33. The Bertz CT molecular complexity index is 933. The Labute approximate surface area is 178 Å². The average Bonchev–Trinajstić information content (AvgIpc) is 3.16. The second-order valence-corrected chi connectivity index (χ2v) is 8.82. The van der Waals surface area contributed by atoms with Gasteiger partial charge in [0.2, 0.25) is 5.88 Å². The van der Waals surface area contributed by atoms with Crippen LogP contribution in [0.2, 0.25) is 0 Å². The van der Waals surface area contributed by atoms with E-state index in [0.29, 0.717) is 11.9 Å². The predicted molar refractivity (Wildman–Crippen MR) is 120 cm³/mol. The summed E-state index contributed by atoms with van der Waals surface area (Å²) in [5.74, 6) is 0.644. The molecular formula is C24H32N4O2. The third-order valence-corrected chi connectivity index (χ3v) is 6.53. The molecule has 6 nitrogen and oxygen atoms in total. The minimum absolute atomic E-state index is 0.202. The fourth-order valence-electron chi connectivity index (χ4n) is 5.01. The van der Waals surface area contributed by atoms with Crippen LogP contribution in [0.3, 0.4) is 0 Å². The van der Waals surface area contributed by atoms with Gasteiger partial charge in [-0.05, 0) is 94.3 Å². The minimum Gasteiger partial charge on any atom is -0.474 e. The molecule has 0 atom stereocenters. The smallest absolute Gasteiger partial charge is 0.316 e. The van der Waals surface area contributed by atoms with E-state index in [9.17, 15) is 4.79 Å². The Morgan fingerprint density at radius 2 is 1.97 bits per heavy atom. The van der Waals surface area contributed by atoms with E-state index < -0.39 is 6.03 Å². The molecule has 2 aromatic rings. The number of hydrogen-bond donors (Lipinski definition) is 2. The number of fused-ring (bicyclic) bond motifs is 1. The predicted octanol–water partition coefficient (Wildman–Crippen LogP) is 4.29. The maximum absolute atomic E-state index is 11.7. The first kappa shape index (κ1) is 20.7. The van der Waals surface area contributed by atoms with Crippen molar-refractivity contribution in [2.24, 2.45) is 5.73 Å². The highest BCUT2D eigenvalue weighted by molar-refractivity contribution is 5.96. The Morgan fingerprint density at radius 3 is 2.67 bits per heavy atom. The Balaban J connectivity index is 1.61. The van der Waals surface area contributed by atoms with Gasteiger partial charge in [0.15, 0.2) is 0 Å². The van der Waals surface area contributed by atoms with Gasteiger partial charge in [-0.1, -0.05) is 6.07 Å². The number of hydrogen-bond acceptors (Lipinski definition) is 4. The molecular weight excluding hydrogens is 376 g/mol. The van der Waals surface area contributed by atoms with Gasteiger partial charge in [0.05, 0.1) is 5.69 Å². The topological polar surface area (TPSA) is 80.5 Å². The van der Waals surface area contributed by atoms with E-state index in [4.69, 9.17) is 10.5 Å². The van der Waals surface area contributed by atoms with E-state index in [1.165, 1.54) is 11.1 Å². The van der Waals surface area contributed by atoms with Crippen LogP contribution in [0, 0.1) is 6.92 Å². The number of aryl methyl sites for hydroxylation is 2. The molecule has 0 radical (unpaired) electrons. The number of carbonyl (C=O) groups is 1. The van der Waals surface area contributed by atoms with Gasteiger partial charge in [-0.3, -0.25) is 0 Å². The van der Waals surface area contributed by atoms with Crippen molar-refractivity contribution in [2.75, 3.05) is 19.4 Å². The van der Waals surface area contributed by atoms with Crippen LogP contribution in [-0.2, 0) is 12.8 Å². The van der Waals surface area contributed by atoms with Gasteiger partial charge < -0.3 is 20.7 Å². The van der Waals surface area contributed by atoms with E-state index in [-0.39, 0.29) is 6.10 Å². The van der Waals surface area contributed by atoms with Crippen LogP contribution in [0.25, 0.3) is 11.1 Å². The van der Waals surface area contributed by atoms with Crippen molar-refractivity contribution in [1.82, 2.24) is 9.88 Å². The van der Waals surface area contributed by atoms with E-state index in [0.717, 1.165) is 67.3 Å². The van der Waals surface area contributed by atoms with Crippen molar-refractivity contribution in [3.63, 3.8) is 0 Å². The number of amides is 2. The molecule has 160 valence electrons.